The molecule has 10 heteroatoms. The number of carbonyl (C=O) groups excluding carboxylic acids is 2. The van der Waals surface area contributed by atoms with Crippen molar-refractivity contribution in [3.8, 4) is 0 Å². The summed E-state index contributed by atoms with van der Waals surface area (Å²) in [5.74, 6) is -0.232. The van der Waals surface area contributed by atoms with Crippen molar-refractivity contribution in [1.82, 2.24) is 19.8 Å². The fourth-order valence-electron chi connectivity index (χ4n) is 4.50. The van der Waals surface area contributed by atoms with Crippen molar-refractivity contribution in [2.45, 2.75) is 64.1 Å². The fourth-order valence-corrected chi connectivity index (χ4v) is 4.50. The minimum Gasteiger partial charge on any atom is -0.388 e. The molecule has 1 unspecified atom stereocenters. The highest BCUT2D eigenvalue weighted by molar-refractivity contribution is 6.04. The third-order valence-electron chi connectivity index (χ3n) is 6.26. The van der Waals surface area contributed by atoms with Gasteiger partial charge in [-0.1, -0.05) is 25.1 Å². The van der Waals surface area contributed by atoms with Gasteiger partial charge in [-0.25, -0.2) is 9.59 Å². The first-order valence-electron chi connectivity index (χ1n) is 11.1. The van der Waals surface area contributed by atoms with Gasteiger partial charge < -0.3 is 25.4 Å². The lowest BCUT2D eigenvalue weighted by Crippen LogP contribution is -2.53. The maximum Gasteiger partial charge on any atom is 0.351 e. The number of aliphatic hydroxyl groups is 1. The Morgan fingerprint density at radius 2 is 2.00 bits per heavy atom. The smallest absolute Gasteiger partial charge is 0.351 e. The number of nitrogens with one attached hydrogen (secondary N) is 2. The number of aliphatic hydroxyl groups excluding tert-OH is 1. The Balaban J connectivity index is 1.63. The second-order valence-corrected chi connectivity index (χ2v) is 8.88. The van der Waals surface area contributed by atoms with E-state index in [2.05, 4.69) is 15.6 Å². The number of likely N-dealkylation sites (tertiary alicyclic amines) is 1. The standard InChI is InChI=1S/C23H29N5O5/c1-5-23-12-28(21(31)24-13(2)3)16(17(23)29)20(33-23)27-11-14(4)18(26-22(27)32)25-19(30)15-9-7-6-8-10-15/h6-11,13,16-17,20,29H,5,12H2,1-4H3,(H,24,31)(H,25,26,30,32)/t16-,17+,20?,23+/m1/s1. The van der Waals surface area contributed by atoms with E-state index in [0.29, 0.717) is 17.5 Å². The molecule has 176 valence electrons. The van der Waals surface area contributed by atoms with Gasteiger partial charge in [0.05, 0.1) is 6.54 Å². The zero-order valence-electron chi connectivity index (χ0n) is 19.1. The van der Waals surface area contributed by atoms with Crippen LogP contribution in [-0.2, 0) is 4.74 Å². The first-order chi connectivity index (χ1) is 15.7. The molecule has 2 aliphatic heterocycles. The van der Waals surface area contributed by atoms with Gasteiger partial charge in [0.1, 0.15) is 23.6 Å². The summed E-state index contributed by atoms with van der Waals surface area (Å²) in [4.78, 5) is 43.8. The molecule has 2 saturated heterocycles. The van der Waals surface area contributed by atoms with E-state index in [0.717, 1.165) is 0 Å². The molecule has 2 fully saturated rings. The van der Waals surface area contributed by atoms with Crippen LogP contribution < -0.4 is 16.3 Å². The second kappa shape index (κ2) is 8.60. The maximum absolute atomic E-state index is 12.9. The predicted molar refractivity (Wildman–Crippen MR) is 121 cm³/mol. The molecule has 0 aliphatic carbocycles. The van der Waals surface area contributed by atoms with Crippen LogP contribution in [0.15, 0.2) is 41.3 Å². The lowest BCUT2D eigenvalue weighted by Gasteiger charge is -2.37. The Bertz CT molecular complexity index is 1120. The molecule has 0 saturated carbocycles. The molecule has 1 aromatic carbocycles. The van der Waals surface area contributed by atoms with Crippen LogP contribution in [0.25, 0.3) is 0 Å². The van der Waals surface area contributed by atoms with E-state index < -0.39 is 29.7 Å². The third kappa shape index (κ3) is 4.00. The normalized spacial score (nSPS) is 26.0. The number of hydrogen-bond donors (Lipinski definition) is 3. The number of hydrogen-bond acceptors (Lipinski definition) is 6. The molecular formula is C23H29N5O5. The van der Waals surface area contributed by atoms with E-state index in [9.17, 15) is 19.5 Å². The van der Waals surface area contributed by atoms with Crippen molar-refractivity contribution in [3.05, 3.63) is 58.1 Å². The van der Waals surface area contributed by atoms with Crippen LogP contribution in [0, 0.1) is 6.92 Å². The number of carbonyl (C=O) groups is 2. The van der Waals surface area contributed by atoms with Crippen LogP contribution in [0.1, 0.15) is 49.3 Å². The van der Waals surface area contributed by atoms with Crippen molar-refractivity contribution < 1.29 is 19.4 Å². The van der Waals surface area contributed by atoms with E-state index in [4.69, 9.17) is 4.74 Å². The number of ether oxygens (including phenoxy) is 1. The quantitative estimate of drug-likeness (QED) is 0.629. The van der Waals surface area contributed by atoms with Gasteiger partial charge in [0, 0.05) is 23.4 Å². The molecule has 2 aromatic rings. The van der Waals surface area contributed by atoms with Crippen LogP contribution in [0.5, 0.6) is 0 Å². The summed E-state index contributed by atoms with van der Waals surface area (Å²) in [5.41, 5.74) is -0.621. The van der Waals surface area contributed by atoms with Crippen LogP contribution in [0.3, 0.4) is 0 Å². The van der Waals surface area contributed by atoms with Crippen molar-refractivity contribution >= 4 is 17.8 Å². The average molecular weight is 456 g/mol. The maximum atomic E-state index is 12.9. The molecule has 3 N–H and O–H groups in total. The molecule has 2 bridgehead atoms. The number of nitrogens with zero attached hydrogens (tertiary/aromatic N) is 3. The average Bonchev–Trinajstić information content (AvgIpc) is 3.23. The zero-order valence-corrected chi connectivity index (χ0v) is 19.1. The van der Waals surface area contributed by atoms with Gasteiger partial charge in [-0.05, 0) is 39.3 Å². The van der Waals surface area contributed by atoms with Crippen LogP contribution >= 0.6 is 0 Å². The highest BCUT2D eigenvalue weighted by Crippen LogP contribution is 2.47. The molecule has 33 heavy (non-hydrogen) atoms. The highest BCUT2D eigenvalue weighted by Gasteiger charge is 2.64. The Morgan fingerprint density at radius 3 is 2.61 bits per heavy atom. The number of urea groups is 1. The van der Waals surface area contributed by atoms with Gasteiger partial charge in [-0.3, -0.25) is 9.36 Å². The number of benzene rings is 1. The number of amides is 3. The van der Waals surface area contributed by atoms with Gasteiger partial charge in [-0.2, -0.15) is 4.98 Å². The van der Waals surface area contributed by atoms with Gasteiger partial charge in [0.15, 0.2) is 6.23 Å². The summed E-state index contributed by atoms with van der Waals surface area (Å²) < 4.78 is 7.46. The lowest BCUT2D eigenvalue weighted by atomic mass is 9.96. The largest absolute Gasteiger partial charge is 0.388 e. The molecule has 4 rings (SSSR count). The van der Waals surface area contributed by atoms with Crippen molar-refractivity contribution in [1.29, 1.82) is 0 Å². The SMILES string of the molecule is CC[C@@]12CN(C(=O)NC(C)C)[C@@H](C(n3cc(C)c(NC(=O)c4ccccc4)nc3=O)O1)[C@@H]2O. The Hall–Kier alpha value is -3.24. The van der Waals surface area contributed by atoms with E-state index >= 15 is 0 Å². The third-order valence-corrected chi connectivity index (χ3v) is 6.26. The lowest BCUT2D eigenvalue weighted by molar-refractivity contribution is -0.131. The van der Waals surface area contributed by atoms with E-state index in [-0.39, 0.29) is 30.3 Å². The molecule has 0 radical (unpaired) electrons. The van der Waals surface area contributed by atoms with Crippen molar-refractivity contribution in [2.24, 2.45) is 0 Å². The molecule has 0 spiro atoms. The summed E-state index contributed by atoms with van der Waals surface area (Å²) in [6, 6.07) is 7.48. The fraction of sp³-hybridized carbons (Fsp3) is 0.478. The van der Waals surface area contributed by atoms with E-state index in [1.807, 2.05) is 20.8 Å². The van der Waals surface area contributed by atoms with Crippen molar-refractivity contribution in [2.75, 3.05) is 11.9 Å². The summed E-state index contributed by atoms with van der Waals surface area (Å²) in [6.07, 6.45) is 0.161. The topological polar surface area (TPSA) is 126 Å². The first kappa shape index (κ1) is 22.9. The number of aryl methyl sites for hydroxylation is 1. The number of aromatic nitrogens is 2. The van der Waals surface area contributed by atoms with E-state index in [1.165, 1.54) is 15.7 Å². The minimum absolute atomic E-state index is 0.0788. The van der Waals surface area contributed by atoms with Crippen LogP contribution in [-0.4, -0.2) is 61.8 Å². The summed E-state index contributed by atoms with van der Waals surface area (Å²) in [6.45, 7) is 7.53. The Kier molecular flexibility index (Phi) is 5.98. The monoisotopic (exact) mass is 455 g/mol. The number of morpholine rings is 1. The molecule has 1 aromatic heterocycles. The molecular weight excluding hydrogens is 426 g/mol. The minimum atomic E-state index is -0.961. The van der Waals surface area contributed by atoms with Gasteiger partial charge in [-0.15, -0.1) is 0 Å². The second-order valence-electron chi connectivity index (χ2n) is 8.88. The molecule has 10 nitrogen and oxygen atoms in total. The van der Waals surface area contributed by atoms with Crippen molar-refractivity contribution in [3.63, 3.8) is 0 Å². The van der Waals surface area contributed by atoms with Gasteiger partial charge >= 0.3 is 11.7 Å². The summed E-state index contributed by atoms with van der Waals surface area (Å²) >= 11 is 0. The van der Waals surface area contributed by atoms with E-state index in [1.54, 1.807) is 37.3 Å². The molecule has 3 heterocycles. The summed E-state index contributed by atoms with van der Waals surface area (Å²) in [5, 5.41) is 16.5. The first-order valence-corrected chi connectivity index (χ1v) is 11.1. The van der Waals surface area contributed by atoms with Gasteiger partial charge in [0.25, 0.3) is 5.91 Å². The Labute approximate surface area is 191 Å². The molecule has 4 atom stereocenters. The predicted octanol–water partition coefficient (Wildman–Crippen LogP) is 1.64. The Morgan fingerprint density at radius 1 is 1.30 bits per heavy atom. The number of fused-ring (bicyclic) bond motifs is 2. The molecule has 2 aliphatic rings. The zero-order chi connectivity index (χ0) is 23.9. The number of anilines is 1. The molecule has 3 amide bonds. The van der Waals surface area contributed by atoms with Gasteiger partial charge in [0.2, 0.25) is 0 Å². The van der Waals surface area contributed by atoms with Crippen LogP contribution in [0.4, 0.5) is 10.6 Å². The number of rotatable bonds is 5. The van der Waals surface area contributed by atoms with Crippen LogP contribution in [0.2, 0.25) is 0 Å². The highest BCUT2D eigenvalue weighted by atomic mass is 16.6. The summed E-state index contributed by atoms with van der Waals surface area (Å²) in [7, 11) is 0.